The van der Waals surface area contributed by atoms with E-state index in [0.29, 0.717) is 0 Å². The number of fused-ring (bicyclic) bond motifs is 2. The number of hydrogen-bond donors (Lipinski definition) is 2. The largest absolute Gasteiger partial charge is 2.00 e. The van der Waals surface area contributed by atoms with Crippen molar-refractivity contribution in [1.29, 1.82) is 0 Å². The summed E-state index contributed by atoms with van der Waals surface area (Å²) in [5.41, 5.74) is 7.20. The molecule has 0 radical (unpaired) electrons. The molecule has 5 heteroatoms. The SMILES string of the molecule is Brc1cccc2c1CNC2.C=CCc1cccc2c1CNC2.C=C[CH2-].[Cl-].[Mg+2]. The molecule has 2 aromatic carbocycles. The van der Waals surface area contributed by atoms with Gasteiger partial charge in [0.15, 0.2) is 0 Å². The van der Waals surface area contributed by atoms with Gasteiger partial charge in [-0.15, -0.1) is 6.58 Å². The van der Waals surface area contributed by atoms with Gasteiger partial charge in [-0.25, -0.2) is 19.6 Å². The summed E-state index contributed by atoms with van der Waals surface area (Å²) < 4.78 is 1.23. The van der Waals surface area contributed by atoms with E-state index >= 15 is 0 Å². The monoisotopic (exact) mass is 456 g/mol. The van der Waals surface area contributed by atoms with Crippen molar-refractivity contribution < 1.29 is 12.4 Å². The average molecular weight is 458 g/mol. The van der Waals surface area contributed by atoms with E-state index in [1.807, 2.05) is 6.08 Å². The Morgan fingerprint density at radius 2 is 1.44 bits per heavy atom. The summed E-state index contributed by atoms with van der Waals surface area (Å²) in [5.74, 6) is 0. The van der Waals surface area contributed by atoms with Crippen LogP contribution >= 0.6 is 15.9 Å². The zero-order chi connectivity index (χ0) is 18.1. The van der Waals surface area contributed by atoms with E-state index < -0.39 is 0 Å². The quantitative estimate of drug-likeness (QED) is 0.407. The molecule has 0 fully saturated rings. The van der Waals surface area contributed by atoms with Crippen LogP contribution in [0.5, 0.6) is 0 Å². The second kappa shape index (κ2) is 14.3. The van der Waals surface area contributed by atoms with Crippen molar-refractivity contribution in [3.63, 3.8) is 0 Å². The first kappa shape index (κ1) is 26.2. The molecule has 0 saturated carbocycles. The first-order chi connectivity index (χ1) is 12.2. The molecule has 2 aliphatic rings. The van der Waals surface area contributed by atoms with Crippen molar-refractivity contribution in [1.82, 2.24) is 10.6 Å². The average Bonchev–Trinajstić information content (AvgIpc) is 3.26. The Morgan fingerprint density at radius 1 is 0.926 bits per heavy atom. The minimum absolute atomic E-state index is 0. The summed E-state index contributed by atoms with van der Waals surface area (Å²) in [7, 11) is 0. The zero-order valence-corrected chi connectivity index (χ0v) is 19.5. The maximum absolute atomic E-state index is 3.76. The van der Waals surface area contributed by atoms with Crippen LogP contribution < -0.4 is 23.0 Å². The Balaban J connectivity index is 0.000000415. The third-order valence-corrected chi connectivity index (χ3v) is 4.93. The summed E-state index contributed by atoms with van der Waals surface area (Å²) in [4.78, 5) is 0. The van der Waals surface area contributed by atoms with Crippen LogP contribution in [0, 0.1) is 6.92 Å². The Morgan fingerprint density at radius 3 is 2.00 bits per heavy atom. The molecule has 0 atom stereocenters. The van der Waals surface area contributed by atoms with Gasteiger partial charge in [-0.1, -0.05) is 52.3 Å². The smallest absolute Gasteiger partial charge is 1.00 e. The van der Waals surface area contributed by atoms with E-state index in [2.05, 4.69) is 83.0 Å². The van der Waals surface area contributed by atoms with Gasteiger partial charge in [-0.05, 0) is 40.3 Å². The molecule has 0 saturated heterocycles. The van der Waals surface area contributed by atoms with Crippen molar-refractivity contribution in [2.45, 2.75) is 32.6 Å². The second-order valence-corrected chi connectivity index (χ2v) is 6.78. The van der Waals surface area contributed by atoms with Gasteiger partial charge >= 0.3 is 23.1 Å². The van der Waals surface area contributed by atoms with Gasteiger partial charge in [0.2, 0.25) is 0 Å². The van der Waals surface area contributed by atoms with Gasteiger partial charge in [0.25, 0.3) is 0 Å². The van der Waals surface area contributed by atoms with Gasteiger partial charge in [-0.3, -0.25) is 0 Å². The van der Waals surface area contributed by atoms with Gasteiger partial charge in [-0.2, -0.15) is 0 Å². The van der Waals surface area contributed by atoms with Crippen molar-refractivity contribution >= 4 is 39.0 Å². The van der Waals surface area contributed by atoms with Crippen LogP contribution in [0.3, 0.4) is 0 Å². The number of halogens is 2. The van der Waals surface area contributed by atoms with Crippen molar-refractivity contribution in [3.05, 3.63) is 101 Å². The van der Waals surface area contributed by atoms with Gasteiger partial charge in [0, 0.05) is 30.7 Å². The normalized spacial score (nSPS) is 12.5. The molecular formula is C22H26BrClMgN2. The predicted octanol–water partition coefficient (Wildman–Crippen LogP) is 1.70. The third kappa shape index (κ3) is 7.64. The standard InChI is InChI=1S/C11H13N.C8H8BrN.C3H5.ClH.Mg/c1-2-4-9-5-3-6-10-7-12-8-11(9)10;9-8-3-1-2-6-4-10-5-7(6)8;1-3-2;;/h2-3,5-6,12H,1,4,7-8H2;1-3,10H,4-5H2;3H,1-2H2;1H;/q;;-1;;+2/p-1. The number of nitrogens with one attached hydrogen (secondary N) is 2. The molecule has 0 unspecified atom stereocenters. The summed E-state index contributed by atoms with van der Waals surface area (Å²) in [5, 5.41) is 6.65. The fraction of sp³-hybridized carbons (Fsp3) is 0.227. The fourth-order valence-corrected chi connectivity index (χ4v) is 3.59. The number of allylic oxidation sites excluding steroid dienone is 2. The van der Waals surface area contributed by atoms with Gasteiger partial charge < -0.3 is 23.0 Å². The Kier molecular flexibility index (Phi) is 13.9. The molecule has 4 rings (SSSR count). The maximum Gasteiger partial charge on any atom is 2.00 e. The molecule has 140 valence electrons. The number of benzene rings is 2. The van der Waals surface area contributed by atoms with Crippen LogP contribution in [0.1, 0.15) is 27.8 Å². The summed E-state index contributed by atoms with van der Waals surface area (Å²) >= 11 is 3.51. The van der Waals surface area contributed by atoms with Gasteiger partial charge in [0.05, 0.1) is 0 Å². The van der Waals surface area contributed by atoms with Crippen molar-refractivity contribution in [3.8, 4) is 0 Å². The fourth-order valence-electron chi connectivity index (χ4n) is 3.04. The van der Waals surface area contributed by atoms with E-state index in [4.69, 9.17) is 0 Å². The van der Waals surface area contributed by atoms with E-state index in [1.165, 1.54) is 38.4 Å². The third-order valence-electron chi connectivity index (χ3n) is 4.18. The number of hydrogen-bond acceptors (Lipinski definition) is 2. The van der Waals surface area contributed by atoms with E-state index in [9.17, 15) is 0 Å². The topological polar surface area (TPSA) is 24.1 Å². The molecule has 0 spiro atoms. The molecule has 2 heterocycles. The molecule has 2 aromatic rings. The molecule has 0 aromatic heterocycles. The van der Waals surface area contributed by atoms with Gasteiger partial charge in [0.1, 0.15) is 0 Å². The van der Waals surface area contributed by atoms with E-state index in [1.54, 1.807) is 0 Å². The molecule has 0 amide bonds. The summed E-state index contributed by atoms with van der Waals surface area (Å²) in [6.07, 6.45) is 4.46. The molecule has 0 bridgehead atoms. The Labute approximate surface area is 194 Å². The minimum atomic E-state index is 0. The second-order valence-electron chi connectivity index (χ2n) is 5.92. The van der Waals surface area contributed by atoms with Crippen LogP contribution in [0.2, 0.25) is 0 Å². The molecule has 27 heavy (non-hydrogen) atoms. The van der Waals surface area contributed by atoms with Crippen molar-refractivity contribution in [2.24, 2.45) is 0 Å². The summed E-state index contributed by atoms with van der Waals surface area (Å²) in [6, 6.07) is 12.8. The van der Waals surface area contributed by atoms with E-state index in [0.717, 1.165) is 32.6 Å². The molecule has 2 nitrogen and oxygen atoms in total. The maximum atomic E-state index is 3.76. The minimum Gasteiger partial charge on any atom is -1.00 e. The first-order valence-corrected chi connectivity index (χ1v) is 9.28. The summed E-state index contributed by atoms with van der Waals surface area (Å²) in [6.45, 7) is 14.3. The van der Waals surface area contributed by atoms with Crippen LogP contribution in [0.25, 0.3) is 0 Å². The molecule has 2 N–H and O–H groups in total. The molecule has 2 aliphatic heterocycles. The Bertz CT molecular complexity index is 734. The predicted molar refractivity (Wildman–Crippen MR) is 117 cm³/mol. The molecule has 0 aliphatic carbocycles. The van der Waals surface area contributed by atoms with Crippen LogP contribution in [-0.4, -0.2) is 23.1 Å². The van der Waals surface area contributed by atoms with Crippen LogP contribution in [-0.2, 0) is 32.6 Å². The Hall–Kier alpha value is -0.754. The number of rotatable bonds is 2. The van der Waals surface area contributed by atoms with Crippen molar-refractivity contribution in [2.75, 3.05) is 0 Å². The molecular weight excluding hydrogens is 432 g/mol. The van der Waals surface area contributed by atoms with E-state index in [-0.39, 0.29) is 35.5 Å². The first-order valence-electron chi connectivity index (χ1n) is 8.49. The van der Waals surface area contributed by atoms with Crippen LogP contribution in [0.4, 0.5) is 0 Å². The van der Waals surface area contributed by atoms with Crippen LogP contribution in [0.15, 0.2) is 66.2 Å². The zero-order valence-electron chi connectivity index (χ0n) is 15.7.